The molecule has 3 rings (SSSR count). The van der Waals surface area contributed by atoms with Gasteiger partial charge in [-0.05, 0) is 38.0 Å². The van der Waals surface area contributed by atoms with Gasteiger partial charge in [-0.2, -0.15) is 0 Å². The lowest BCUT2D eigenvalue weighted by Crippen LogP contribution is -2.33. The second kappa shape index (κ2) is 5.06. The Balaban J connectivity index is 2.05. The number of rotatable bonds is 4. The van der Waals surface area contributed by atoms with Crippen LogP contribution in [-0.4, -0.2) is 21.5 Å². The van der Waals surface area contributed by atoms with Gasteiger partial charge in [-0.1, -0.05) is 13.8 Å². The molecule has 0 saturated heterocycles. The summed E-state index contributed by atoms with van der Waals surface area (Å²) >= 11 is 0. The monoisotopic (exact) mass is 286 g/mol. The van der Waals surface area contributed by atoms with Crippen LogP contribution in [0.15, 0.2) is 18.2 Å². The lowest BCUT2D eigenvalue weighted by atomic mass is 10.2. The molecule has 1 amide bonds. The summed E-state index contributed by atoms with van der Waals surface area (Å²) in [6.07, 6.45) is 2.19. The van der Waals surface area contributed by atoms with Crippen molar-refractivity contribution in [2.75, 3.05) is 5.73 Å². The Morgan fingerprint density at radius 1 is 1.38 bits per heavy atom. The summed E-state index contributed by atoms with van der Waals surface area (Å²) in [5.74, 6) is 1.24. The van der Waals surface area contributed by atoms with Gasteiger partial charge in [-0.15, -0.1) is 0 Å². The van der Waals surface area contributed by atoms with E-state index < -0.39 is 0 Å². The van der Waals surface area contributed by atoms with Gasteiger partial charge < -0.3 is 15.6 Å². The topological polar surface area (TPSA) is 72.9 Å². The molecule has 1 heterocycles. The van der Waals surface area contributed by atoms with Crippen LogP contribution in [0.5, 0.6) is 0 Å². The van der Waals surface area contributed by atoms with E-state index in [2.05, 4.69) is 24.1 Å². The Morgan fingerprint density at radius 3 is 2.71 bits per heavy atom. The first-order valence-corrected chi connectivity index (χ1v) is 7.55. The largest absolute Gasteiger partial charge is 0.399 e. The fourth-order valence-corrected chi connectivity index (χ4v) is 2.62. The summed E-state index contributed by atoms with van der Waals surface area (Å²) in [6, 6.07) is 5.77. The maximum Gasteiger partial charge on any atom is 0.243 e. The number of nitrogens with zero attached hydrogens (tertiary/aromatic N) is 2. The van der Waals surface area contributed by atoms with Gasteiger partial charge in [0.25, 0.3) is 0 Å². The molecular weight excluding hydrogens is 264 g/mol. The van der Waals surface area contributed by atoms with Gasteiger partial charge >= 0.3 is 0 Å². The first-order valence-electron chi connectivity index (χ1n) is 7.55. The number of hydrogen-bond acceptors (Lipinski definition) is 3. The molecule has 1 unspecified atom stereocenters. The summed E-state index contributed by atoms with van der Waals surface area (Å²) in [6.45, 7) is 6.11. The minimum atomic E-state index is -0.267. The highest BCUT2D eigenvalue weighted by Gasteiger charge is 2.28. The molecule has 1 aliphatic carbocycles. The van der Waals surface area contributed by atoms with Crippen LogP contribution in [0.4, 0.5) is 5.69 Å². The number of nitrogens with one attached hydrogen (secondary N) is 1. The lowest BCUT2D eigenvalue weighted by Gasteiger charge is -2.18. The molecule has 0 spiro atoms. The second-order valence-corrected chi connectivity index (χ2v) is 6.20. The van der Waals surface area contributed by atoms with Crippen molar-refractivity contribution in [1.29, 1.82) is 0 Å². The number of hydrogen-bond donors (Lipinski definition) is 2. The molecule has 1 aliphatic rings. The van der Waals surface area contributed by atoms with Crippen LogP contribution in [0.1, 0.15) is 51.4 Å². The van der Waals surface area contributed by atoms with Crippen LogP contribution in [0.3, 0.4) is 0 Å². The van der Waals surface area contributed by atoms with Crippen molar-refractivity contribution in [1.82, 2.24) is 14.9 Å². The Bertz CT molecular complexity index is 685. The SMILES string of the molecule is CC(C)c1nc2cc(N)ccc2n1C(C)C(=O)NC1CC1. The van der Waals surface area contributed by atoms with Crippen LogP contribution in [0, 0.1) is 0 Å². The number of aromatic nitrogens is 2. The Hall–Kier alpha value is -2.04. The van der Waals surface area contributed by atoms with Crippen LogP contribution < -0.4 is 11.1 Å². The van der Waals surface area contributed by atoms with E-state index in [1.165, 1.54) is 0 Å². The van der Waals surface area contributed by atoms with E-state index in [0.717, 1.165) is 29.7 Å². The molecule has 1 aromatic heterocycles. The predicted molar refractivity (Wildman–Crippen MR) is 84.1 cm³/mol. The lowest BCUT2D eigenvalue weighted by molar-refractivity contribution is -0.124. The van der Waals surface area contributed by atoms with Gasteiger partial charge in [0.15, 0.2) is 0 Å². The van der Waals surface area contributed by atoms with Gasteiger partial charge in [0.05, 0.1) is 11.0 Å². The second-order valence-electron chi connectivity index (χ2n) is 6.20. The van der Waals surface area contributed by atoms with Crippen molar-refractivity contribution in [3.63, 3.8) is 0 Å². The third kappa shape index (κ3) is 2.60. The van der Waals surface area contributed by atoms with Crippen LogP contribution in [0.25, 0.3) is 11.0 Å². The smallest absolute Gasteiger partial charge is 0.243 e. The molecule has 0 bridgehead atoms. The summed E-state index contributed by atoms with van der Waals surface area (Å²) in [4.78, 5) is 17.1. The van der Waals surface area contributed by atoms with E-state index in [-0.39, 0.29) is 17.9 Å². The number of nitrogen functional groups attached to an aromatic ring is 1. The van der Waals surface area contributed by atoms with Gasteiger partial charge in [0.1, 0.15) is 11.9 Å². The van der Waals surface area contributed by atoms with E-state index >= 15 is 0 Å². The highest BCUT2D eigenvalue weighted by Crippen LogP contribution is 2.28. The molecule has 2 aromatic rings. The van der Waals surface area contributed by atoms with Gasteiger partial charge in [0, 0.05) is 17.6 Å². The minimum Gasteiger partial charge on any atom is -0.399 e. The average molecular weight is 286 g/mol. The highest BCUT2D eigenvalue weighted by atomic mass is 16.2. The zero-order chi connectivity index (χ0) is 15.1. The van der Waals surface area contributed by atoms with Gasteiger partial charge in [0.2, 0.25) is 5.91 Å². The Morgan fingerprint density at radius 2 is 2.10 bits per heavy atom. The fourth-order valence-electron chi connectivity index (χ4n) is 2.62. The number of benzene rings is 1. The third-order valence-corrected chi connectivity index (χ3v) is 3.95. The van der Waals surface area contributed by atoms with Crippen molar-refractivity contribution in [3.05, 3.63) is 24.0 Å². The fraction of sp³-hybridized carbons (Fsp3) is 0.500. The molecule has 0 aliphatic heterocycles. The number of amides is 1. The molecule has 1 aromatic carbocycles. The van der Waals surface area contributed by atoms with Crippen molar-refractivity contribution in [2.45, 2.75) is 51.6 Å². The maximum atomic E-state index is 12.4. The summed E-state index contributed by atoms with van der Waals surface area (Å²) in [5, 5.41) is 3.07. The minimum absolute atomic E-state index is 0.0653. The highest BCUT2D eigenvalue weighted by molar-refractivity contribution is 5.85. The van der Waals surface area contributed by atoms with Crippen LogP contribution >= 0.6 is 0 Å². The Labute approximate surface area is 124 Å². The van der Waals surface area contributed by atoms with Crippen LogP contribution in [-0.2, 0) is 4.79 Å². The first kappa shape index (κ1) is 13.9. The normalized spacial score (nSPS) is 16.4. The molecule has 21 heavy (non-hydrogen) atoms. The maximum absolute atomic E-state index is 12.4. The molecule has 3 N–H and O–H groups in total. The van der Waals surface area contributed by atoms with E-state index in [4.69, 9.17) is 5.73 Å². The quantitative estimate of drug-likeness (QED) is 0.848. The number of fused-ring (bicyclic) bond motifs is 1. The van der Waals surface area contributed by atoms with Crippen molar-refractivity contribution < 1.29 is 4.79 Å². The molecule has 112 valence electrons. The molecular formula is C16H22N4O. The van der Waals surface area contributed by atoms with E-state index in [9.17, 15) is 4.79 Å². The summed E-state index contributed by atoms with van der Waals surface area (Å²) in [7, 11) is 0. The Kier molecular flexibility index (Phi) is 3.35. The third-order valence-electron chi connectivity index (χ3n) is 3.95. The van der Waals surface area contributed by atoms with E-state index in [0.29, 0.717) is 11.7 Å². The van der Waals surface area contributed by atoms with Crippen molar-refractivity contribution >= 4 is 22.6 Å². The number of imidazole rings is 1. The molecule has 1 atom stereocenters. The van der Waals surface area contributed by atoms with Crippen LogP contribution in [0.2, 0.25) is 0 Å². The van der Waals surface area contributed by atoms with Crippen molar-refractivity contribution in [2.24, 2.45) is 0 Å². The average Bonchev–Trinajstić information content (AvgIpc) is 3.15. The van der Waals surface area contributed by atoms with Gasteiger partial charge in [-0.25, -0.2) is 4.98 Å². The van der Waals surface area contributed by atoms with Crippen molar-refractivity contribution in [3.8, 4) is 0 Å². The number of carbonyl (C=O) groups excluding carboxylic acids is 1. The van der Waals surface area contributed by atoms with E-state index in [1.807, 2.05) is 29.7 Å². The van der Waals surface area contributed by atoms with E-state index in [1.54, 1.807) is 0 Å². The number of carbonyl (C=O) groups is 1. The number of nitrogens with two attached hydrogens (primary N) is 1. The molecule has 1 fully saturated rings. The summed E-state index contributed by atoms with van der Waals surface area (Å²) < 4.78 is 2.04. The van der Waals surface area contributed by atoms with Gasteiger partial charge in [-0.3, -0.25) is 4.79 Å². The predicted octanol–water partition coefficient (Wildman–Crippen LogP) is 2.58. The molecule has 5 heteroatoms. The standard InChI is InChI=1S/C16H22N4O/c1-9(2)15-19-13-8-11(17)4-7-14(13)20(15)10(3)16(21)18-12-5-6-12/h4,7-10,12H,5-6,17H2,1-3H3,(H,18,21). The number of anilines is 1. The molecule has 0 radical (unpaired) electrons. The zero-order valence-electron chi connectivity index (χ0n) is 12.8. The molecule has 1 saturated carbocycles. The molecule has 5 nitrogen and oxygen atoms in total. The summed E-state index contributed by atoms with van der Waals surface area (Å²) in [5.41, 5.74) is 8.35. The zero-order valence-corrected chi connectivity index (χ0v) is 12.8. The first-order chi connectivity index (χ1) is 9.97.